The first kappa shape index (κ1) is 13.2. The molecule has 2 aromatic carbocycles. The molecule has 0 heterocycles. The summed E-state index contributed by atoms with van der Waals surface area (Å²) in [6, 6.07) is 18.7. The van der Waals surface area contributed by atoms with Crippen LogP contribution >= 0.6 is 0 Å². The lowest BCUT2D eigenvalue weighted by molar-refractivity contribution is 1.60. The summed E-state index contributed by atoms with van der Waals surface area (Å²) in [6.07, 6.45) is 0. The van der Waals surface area contributed by atoms with E-state index in [1.807, 2.05) is 37.3 Å². The monoisotopic (exact) mass is 260 g/mol. The molecule has 0 saturated heterocycles. The predicted octanol–water partition coefficient (Wildman–Crippen LogP) is 2.71. The Hall–Kier alpha value is -2.22. The second kappa shape index (κ2) is 6.64. The van der Waals surface area contributed by atoms with Gasteiger partial charge in [-0.3, -0.25) is 0 Å². The highest BCUT2D eigenvalue weighted by molar-refractivity contribution is 6.79. The van der Waals surface area contributed by atoms with E-state index in [4.69, 9.17) is 0 Å². The molecule has 0 aromatic heterocycles. The van der Waals surface area contributed by atoms with Crippen molar-refractivity contribution in [1.82, 2.24) is 0 Å². The molecular weight excluding hydrogens is 244 g/mol. The van der Waals surface area contributed by atoms with E-state index in [0.717, 1.165) is 11.1 Å². The highest BCUT2D eigenvalue weighted by Crippen LogP contribution is 2.01. The number of hydrogen-bond acceptors (Lipinski definition) is 0. The molecule has 0 aliphatic heterocycles. The lowest BCUT2D eigenvalue weighted by Gasteiger charge is -2.00. The van der Waals surface area contributed by atoms with Crippen LogP contribution in [0.3, 0.4) is 0 Å². The smallest absolute Gasteiger partial charge is 0.125 e. The van der Waals surface area contributed by atoms with Gasteiger partial charge in [-0.05, 0) is 36.4 Å². The van der Waals surface area contributed by atoms with Crippen molar-refractivity contribution < 1.29 is 0 Å². The van der Waals surface area contributed by atoms with Gasteiger partial charge in [0.05, 0.1) is 0 Å². The van der Waals surface area contributed by atoms with Gasteiger partial charge in [0, 0.05) is 11.1 Å². The number of benzene rings is 2. The molecule has 2 aromatic rings. The Balaban J connectivity index is 2.13. The predicted molar refractivity (Wildman–Crippen MR) is 85.0 cm³/mol. The van der Waals surface area contributed by atoms with Gasteiger partial charge in [0.1, 0.15) is 0 Å². The van der Waals surface area contributed by atoms with E-state index in [-0.39, 0.29) is 0 Å². The zero-order valence-electron chi connectivity index (χ0n) is 11.3. The van der Waals surface area contributed by atoms with Crippen molar-refractivity contribution in [2.45, 2.75) is 13.5 Å². The minimum atomic E-state index is -1.14. The van der Waals surface area contributed by atoms with Crippen molar-refractivity contribution in [3.63, 3.8) is 0 Å². The maximum atomic E-state index is 3.42. The van der Waals surface area contributed by atoms with E-state index in [1.54, 1.807) is 0 Å². The molecule has 0 nitrogen and oxygen atoms in total. The highest BCUT2D eigenvalue weighted by Gasteiger charge is 2.01. The van der Waals surface area contributed by atoms with Crippen LogP contribution in [0.5, 0.6) is 0 Å². The summed E-state index contributed by atoms with van der Waals surface area (Å²) in [4.78, 5) is 0. The Kier molecular flexibility index (Phi) is 4.62. The fraction of sp³-hybridized carbons (Fsp3) is 0.111. The Morgan fingerprint density at radius 1 is 0.789 bits per heavy atom. The lowest BCUT2D eigenvalue weighted by Crippen LogP contribution is -2.24. The Morgan fingerprint density at radius 3 is 1.95 bits per heavy atom. The third-order valence-corrected chi connectivity index (χ3v) is 4.85. The topological polar surface area (TPSA) is 0 Å². The van der Waals surface area contributed by atoms with Crippen molar-refractivity contribution >= 4 is 14.0 Å². The molecule has 2 rings (SSSR count). The van der Waals surface area contributed by atoms with Gasteiger partial charge in [-0.15, -0.1) is 11.5 Å². The molecule has 19 heavy (non-hydrogen) atoms. The van der Waals surface area contributed by atoms with E-state index in [1.165, 1.54) is 5.19 Å². The Labute approximate surface area is 117 Å². The molecule has 92 valence electrons. The highest BCUT2D eigenvalue weighted by atomic mass is 28.3. The normalized spacial score (nSPS) is 10.6. The summed E-state index contributed by atoms with van der Waals surface area (Å²) in [5.41, 5.74) is 5.53. The quantitative estimate of drug-likeness (QED) is 0.546. The molecule has 0 aliphatic carbocycles. The Bertz CT molecular complexity index is 646. The summed E-state index contributed by atoms with van der Waals surface area (Å²) < 4.78 is 0. The van der Waals surface area contributed by atoms with Crippen LogP contribution in [0.15, 0.2) is 54.6 Å². The lowest BCUT2D eigenvalue weighted by atomic mass is 10.1. The van der Waals surface area contributed by atoms with Gasteiger partial charge in [0.25, 0.3) is 0 Å². The largest absolute Gasteiger partial charge is 0.150 e. The van der Waals surface area contributed by atoms with E-state index in [2.05, 4.69) is 54.1 Å². The van der Waals surface area contributed by atoms with Crippen LogP contribution < -0.4 is 5.19 Å². The first-order valence-electron chi connectivity index (χ1n) is 6.39. The summed E-state index contributed by atoms with van der Waals surface area (Å²) in [7, 11) is -1.14. The van der Waals surface area contributed by atoms with Gasteiger partial charge in [0.2, 0.25) is 0 Å². The fourth-order valence-electron chi connectivity index (χ4n) is 1.80. The molecule has 1 heteroatoms. The minimum absolute atomic E-state index is 1.04. The molecule has 1 unspecified atom stereocenters. The van der Waals surface area contributed by atoms with Crippen LogP contribution in [0.4, 0.5) is 0 Å². The standard InChI is InChI=1S/C18H16Si/c1-3-7-16-10-12-17(13-11-16)14-15-19(2)18-8-5-4-6-9-18/h4-6,8-13,19H,1-2H3. The van der Waals surface area contributed by atoms with E-state index < -0.39 is 8.80 Å². The molecule has 0 radical (unpaired) electrons. The van der Waals surface area contributed by atoms with Crippen molar-refractivity contribution in [3.8, 4) is 23.3 Å². The van der Waals surface area contributed by atoms with Gasteiger partial charge in [-0.2, -0.15) is 0 Å². The van der Waals surface area contributed by atoms with E-state index in [9.17, 15) is 0 Å². The van der Waals surface area contributed by atoms with Crippen LogP contribution in [0.1, 0.15) is 18.1 Å². The molecular formula is C18H16Si. The summed E-state index contributed by atoms with van der Waals surface area (Å²) in [5, 5.41) is 1.39. The average Bonchev–Trinajstić information content (AvgIpc) is 2.47. The third kappa shape index (κ3) is 3.88. The van der Waals surface area contributed by atoms with E-state index >= 15 is 0 Å². The van der Waals surface area contributed by atoms with Crippen LogP contribution in [-0.4, -0.2) is 8.80 Å². The summed E-state index contributed by atoms with van der Waals surface area (Å²) in [6.45, 7) is 4.11. The van der Waals surface area contributed by atoms with Gasteiger partial charge >= 0.3 is 0 Å². The van der Waals surface area contributed by atoms with Crippen molar-refractivity contribution in [2.24, 2.45) is 0 Å². The molecule has 0 spiro atoms. The van der Waals surface area contributed by atoms with Gasteiger partial charge in [-0.1, -0.05) is 48.7 Å². The average molecular weight is 260 g/mol. The summed E-state index contributed by atoms with van der Waals surface area (Å²) >= 11 is 0. The number of rotatable bonds is 1. The van der Waals surface area contributed by atoms with Crippen molar-refractivity contribution in [1.29, 1.82) is 0 Å². The fourth-order valence-corrected chi connectivity index (χ4v) is 3.15. The molecule has 1 atom stereocenters. The zero-order valence-corrected chi connectivity index (χ0v) is 12.4. The van der Waals surface area contributed by atoms with Crippen molar-refractivity contribution in [2.75, 3.05) is 0 Å². The first-order chi connectivity index (χ1) is 9.29. The van der Waals surface area contributed by atoms with Crippen LogP contribution in [-0.2, 0) is 0 Å². The van der Waals surface area contributed by atoms with Crippen molar-refractivity contribution in [3.05, 3.63) is 65.7 Å². The second-order valence-electron chi connectivity index (χ2n) is 4.35. The molecule has 0 bridgehead atoms. The molecule has 0 fully saturated rings. The van der Waals surface area contributed by atoms with Crippen LogP contribution in [0, 0.1) is 23.3 Å². The van der Waals surface area contributed by atoms with Crippen LogP contribution in [0.2, 0.25) is 6.55 Å². The van der Waals surface area contributed by atoms with Gasteiger partial charge in [-0.25, -0.2) is 0 Å². The van der Waals surface area contributed by atoms with E-state index in [0.29, 0.717) is 0 Å². The minimum Gasteiger partial charge on any atom is -0.125 e. The second-order valence-corrected chi connectivity index (χ2v) is 6.75. The molecule has 0 saturated carbocycles. The van der Waals surface area contributed by atoms with Gasteiger partial charge < -0.3 is 0 Å². The Morgan fingerprint density at radius 2 is 1.37 bits per heavy atom. The maximum absolute atomic E-state index is 3.42. The maximum Gasteiger partial charge on any atom is 0.150 e. The molecule has 0 amide bonds. The first-order valence-corrected chi connectivity index (χ1v) is 8.70. The molecule has 0 N–H and O–H groups in total. The summed E-state index contributed by atoms with van der Waals surface area (Å²) in [5.74, 6) is 9.21. The SMILES string of the molecule is CC#Cc1ccc(C#C[SiH](C)c2ccccc2)cc1. The zero-order chi connectivity index (χ0) is 13.5. The number of hydrogen-bond donors (Lipinski definition) is 0. The third-order valence-electron chi connectivity index (χ3n) is 2.89. The molecule has 0 aliphatic rings. The van der Waals surface area contributed by atoms with Gasteiger partial charge in [0.15, 0.2) is 8.80 Å². The van der Waals surface area contributed by atoms with Crippen LogP contribution in [0.25, 0.3) is 0 Å².